The van der Waals surface area contributed by atoms with Crippen molar-refractivity contribution in [3.63, 3.8) is 0 Å². The zero-order valence-corrected chi connectivity index (χ0v) is 13.7. The van der Waals surface area contributed by atoms with Crippen LogP contribution in [0.5, 0.6) is 0 Å². The van der Waals surface area contributed by atoms with Crippen molar-refractivity contribution in [2.75, 3.05) is 11.5 Å². The van der Waals surface area contributed by atoms with Crippen molar-refractivity contribution >= 4 is 28.1 Å². The lowest BCUT2D eigenvalue weighted by Gasteiger charge is -2.33. The number of hydrogen-bond acceptors (Lipinski definition) is 3. The SMILES string of the molecule is Nc1cccc(Cl)c1S(=O)CC1CCC2(CCCCC2)O1. The Bertz CT molecular complexity index is 523. The van der Waals surface area contributed by atoms with Crippen LogP contribution in [0.1, 0.15) is 44.9 Å². The third-order valence-electron chi connectivity index (χ3n) is 4.67. The number of benzene rings is 1. The summed E-state index contributed by atoms with van der Waals surface area (Å²) < 4.78 is 18.9. The standard InChI is InChI=1S/C16H22ClNO2S/c17-13-5-4-6-14(18)15(13)21(19)11-12-7-10-16(20-12)8-2-1-3-9-16/h4-6,12H,1-3,7-11,18H2. The van der Waals surface area contributed by atoms with Gasteiger partial charge in [0.25, 0.3) is 0 Å². The predicted molar refractivity (Wildman–Crippen MR) is 87.1 cm³/mol. The molecule has 1 heterocycles. The fourth-order valence-corrected chi connectivity index (χ4v) is 5.39. The van der Waals surface area contributed by atoms with E-state index >= 15 is 0 Å². The maximum atomic E-state index is 12.6. The molecule has 0 aromatic heterocycles. The van der Waals surface area contributed by atoms with Gasteiger partial charge in [0.15, 0.2) is 0 Å². The van der Waals surface area contributed by atoms with Gasteiger partial charge in [-0.05, 0) is 37.8 Å². The van der Waals surface area contributed by atoms with Crippen LogP contribution >= 0.6 is 11.6 Å². The summed E-state index contributed by atoms with van der Waals surface area (Å²) in [6.45, 7) is 0. The number of anilines is 1. The van der Waals surface area contributed by atoms with Crippen LogP contribution in [0.25, 0.3) is 0 Å². The van der Waals surface area contributed by atoms with Gasteiger partial charge in [-0.3, -0.25) is 4.21 Å². The molecule has 5 heteroatoms. The summed E-state index contributed by atoms with van der Waals surface area (Å²) in [5.74, 6) is 0.496. The molecule has 2 unspecified atom stereocenters. The summed E-state index contributed by atoms with van der Waals surface area (Å²) >= 11 is 6.14. The molecule has 1 aliphatic carbocycles. The normalized spacial score (nSPS) is 26.0. The van der Waals surface area contributed by atoms with E-state index in [1.165, 1.54) is 19.3 Å². The Kier molecular flexibility index (Phi) is 4.57. The minimum Gasteiger partial charge on any atom is -0.398 e. The number of nitrogens with two attached hydrogens (primary N) is 1. The van der Waals surface area contributed by atoms with Gasteiger partial charge in [-0.25, -0.2) is 0 Å². The average molecular weight is 328 g/mol. The molecule has 0 bridgehead atoms. The number of ether oxygens (including phenoxy) is 1. The molecule has 0 amide bonds. The van der Waals surface area contributed by atoms with Crippen LogP contribution in [-0.2, 0) is 15.5 Å². The second kappa shape index (κ2) is 6.27. The molecule has 1 aromatic rings. The topological polar surface area (TPSA) is 52.3 Å². The first kappa shape index (κ1) is 15.3. The van der Waals surface area contributed by atoms with Crippen molar-refractivity contribution in [3.05, 3.63) is 23.2 Å². The summed E-state index contributed by atoms with van der Waals surface area (Å²) in [4.78, 5) is 0.562. The summed E-state index contributed by atoms with van der Waals surface area (Å²) in [5.41, 5.74) is 6.49. The fraction of sp³-hybridized carbons (Fsp3) is 0.625. The van der Waals surface area contributed by atoms with Gasteiger partial charge < -0.3 is 10.5 Å². The van der Waals surface area contributed by atoms with Gasteiger partial charge in [-0.1, -0.05) is 36.9 Å². The molecular formula is C16H22ClNO2S. The summed E-state index contributed by atoms with van der Waals surface area (Å²) in [5, 5.41) is 0.485. The maximum Gasteiger partial charge on any atom is 0.0804 e. The van der Waals surface area contributed by atoms with E-state index < -0.39 is 10.8 Å². The van der Waals surface area contributed by atoms with Crippen LogP contribution < -0.4 is 5.73 Å². The lowest BCUT2D eigenvalue weighted by molar-refractivity contribution is -0.0557. The van der Waals surface area contributed by atoms with Crippen LogP contribution in [0.2, 0.25) is 5.02 Å². The number of hydrogen-bond donors (Lipinski definition) is 1. The smallest absolute Gasteiger partial charge is 0.0804 e. The van der Waals surface area contributed by atoms with Crippen molar-refractivity contribution in [1.29, 1.82) is 0 Å². The third kappa shape index (κ3) is 3.27. The van der Waals surface area contributed by atoms with E-state index in [2.05, 4.69) is 0 Å². The summed E-state index contributed by atoms with van der Waals surface area (Å²) in [6, 6.07) is 5.27. The molecule has 3 rings (SSSR count). The minimum atomic E-state index is -1.20. The molecule has 116 valence electrons. The molecule has 0 radical (unpaired) electrons. The van der Waals surface area contributed by atoms with E-state index in [9.17, 15) is 4.21 Å². The van der Waals surface area contributed by atoms with Gasteiger partial charge in [0.1, 0.15) is 0 Å². The Morgan fingerprint density at radius 1 is 1.29 bits per heavy atom. The zero-order chi connectivity index (χ0) is 14.9. The highest BCUT2D eigenvalue weighted by Gasteiger charge is 2.41. The second-order valence-electron chi connectivity index (χ2n) is 6.19. The molecule has 2 atom stereocenters. The molecule has 21 heavy (non-hydrogen) atoms. The highest BCUT2D eigenvalue weighted by Crippen LogP contribution is 2.42. The fourth-order valence-electron chi connectivity index (χ4n) is 3.59. The lowest BCUT2D eigenvalue weighted by Crippen LogP contribution is -2.32. The van der Waals surface area contributed by atoms with E-state index in [0.717, 1.165) is 25.7 Å². The molecule has 1 saturated heterocycles. The van der Waals surface area contributed by atoms with Gasteiger partial charge in [-0.15, -0.1) is 0 Å². The molecule has 1 saturated carbocycles. The second-order valence-corrected chi connectivity index (χ2v) is 8.03. The lowest BCUT2D eigenvalue weighted by atomic mass is 9.83. The quantitative estimate of drug-likeness (QED) is 0.856. The van der Waals surface area contributed by atoms with Gasteiger partial charge in [0.05, 0.1) is 38.2 Å². The number of nitrogen functional groups attached to an aromatic ring is 1. The molecule has 2 aliphatic rings. The van der Waals surface area contributed by atoms with E-state index in [0.29, 0.717) is 21.4 Å². The first-order valence-electron chi connectivity index (χ1n) is 7.70. The monoisotopic (exact) mass is 327 g/mol. The van der Waals surface area contributed by atoms with Gasteiger partial charge in [0, 0.05) is 5.69 Å². The van der Waals surface area contributed by atoms with Gasteiger partial charge in [-0.2, -0.15) is 0 Å². The van der Waals surface area contributed by atoms with Crippen molar-refractivity contribution in [1.82, 2.24) is 0 Å². The Balaban J connectivity index is 1.66. The molecule has 2 N–H and O–H groups in total. The highest BCUT2D eigenvalue weighted by molar-refractivity contribution is 7.85. The zero-order valence-electron chi connectivity index (χ0n) is 12.1. The van der Waals surface area contributed by atoms with E-state index in [1.807, 2.05) is 0 Å². The highest BCUT2D eigenvalue weighted by atomic mass is 35.5. The van der Waals surface area contributed by atoms with Crippen LogP contribution in [0.4, 0.5) is 5.69 Å². The van der Waals surface area contributed by atoms with Crippen molar-refractivity contribution in [2.24, 2.45) is 0 Å². The Morgan fingerprint density at radius 3 is 2.76 bits per heavy atom. The largest absolute Gasteiger partial charge is 0.398 e. The van der Waals surface area contributed by atoms with E-state index in [4.69, 9.17) is 22.1 Å². The first-order chi connectivity index (χ1) is 10.1. The Morgan fingerprint density at radius 2 is 2.05 bits per heavy atom. The van der Waals surface area contributed by atoms with Crippen molar-refractivity contribution < 1.29 is 8.95 Å². The summed E-state index contributed by atoms with van der Waals surface area (Å²) in [6.07, 6.45) is 8.32. The van der Waals surface area contributed by atoms with Crippen LogP contribution in [-0.4, -0.2) is 21.7 Å². The maximum absolute atomic E-state index is 12.6. The molecular weight excluding hydrogens is 306 g/mol. The average Bonchev–Trinajstić information content (AvgIpc) is 2.82. The Hall–Kier alpha value is -0.580. The minimum absolute atomic E-state index is 0.0686. The third-order valence-corrected chi connectivity index (χ3v) is 6.68. The van der Waals surface area contributed by atoms with E-state index in [-0.39, 0.29) is 11.7 Å². The van der Waals surface area contributed by atoms with Crippen LogP contribution in [0, 0.1) is 0 Å². The van der Waals surface area contributed by atoms with Crippen LogP contribution in [0.3, 0.4) is 0 Å². The van der Waals surface area contributed by atoms with Crippen molar-refractivity contribution in [3.8, 4) is 0 Å². The molecule has 1 aromatic carbocycles. The number of rotatable bonds is 3. The van der Waals surface area contributed by atoms with E-state index in [1.54, 1.807) is 18.2 Å². The molecule has 1 spiro atoms. The first-order valence-corrected chi connectivity index (χ1v) is 9.40. The number of halogens is 1. The molecule has 3 nitrogen and oxygen atoms in total. The predicted octanol–water partition coefficient (Wildman–Crippen LogP) is 3.91. The van der Waals surface area contributed by atoms with Crippen molar-refractivity contribution in [2.45, 2.75) is 61.5 Å². The van der Waals surface area contributed by atoms with Gasteiger partial charge in [0.2, 0.25) is 0 Å². The van der Waals surface area contributed by atoms with Crippen LogP contribution in [0.15, 0.2) is 23.1 Å². The molecule has 1 aliphatic heterocycles. The molecule has 2 fully saturated rings. The summed E-state index contributed by atoms with van der Waals surface area (Å²) in [7, 11) is -1.20. The van der Waals surface area contributed by atoms with Gasteiger partial charge >= 0.3 is 0 Å². The Labute approximate surface area is 133 Å².